The van der Waals surface area contributed by atoms with Gasteiger partial charge in [-0.25, -0.2) is 0 Å². The Morgan fingerprint density at radius 2 is 2.20 bits per heavy atom. The van der Waals surface area contributed by atoms with Gasteiger partial charge in [0, 0.05) is 29.2 Å². The van der Waals surface area contributed by atoms with Crippen LogP contribution in [0, 0.1) is 0 Å². The second-order valence-corrected chi connectivity index (χ2v) is 4.83. The van der Waals surface area contributed by atoms with Crippen molar-refractivity contribution in [3.63, 3.8) is 0 Å². The predicted molar refractivity (Wildman–Crippen MR) is 63.5 cm³/mol. The number of rotatable bonds is 5. The SMILES string of the molecule is CNCc1ccc(OC)c(CS(C)=O)c1. The highest BCUT2D eigenvalue weighted by atomic mass is 32.2. The van der Waals surface area contributed by atoms with Crippen LogP contribution in [-0.2, 0) is 23.1 Å². The van der Waals surface area contributed by atoms with Crippen molar-refractivity contribution in [3.8, 4) is 5.75 Å². The van der Waals surface area contributed by atoms with Crippen LogP contribution < -0.4 is 10.1 Å². The molecule has 1 aromatic rings. The second-order valence-electron chi connectivity index (χ2n) is 3.39. The van der Waals surface area contributed by atoms with Crippen molar-refractivity contribution in [2.75, 3.05) is 20.4 Å². The summed E-state index contributed by atoms with van der Waals surface area (Å²) in [7, 11) is 2.70. The summed E-state index contributed by atoms with van der Waals surface area (Å²) in [6.45, 7) is 0.813. The van der Waals surface area contributed by atoms with Gasteiger partial charge < -0.3 is 10.1 Å². The van der Waals surface area contributed by atoms with Crippen LogP contribution in [0.4, 0.5) is 0 Å². The molecule has 1 aromatic carbocycles. The van der Waals surface area contributed by atoms with E-state index >= 15 is 0 Å². The molecule has 0 amide bonds. The maximum absolute atomic E-state index is 11.2. The van der Waals surface area contributed by atoms with Gasteiger partial charge in [0.25, 0.3) is 0 Å². The van der Waals surface area contributed by atoms with Crippen LogP contribution in [0.1, 0.15) is 11.1 Å². The third-order valence-corrected chi connectivity index (χ3v) is 2.80. The molecule has 0 aliphatic rings. The molecule has 0 radical (unpaired) electrons. The number of nitrogens with one attached hydrogen (secondary N) is 1. The Balaban J connectivity index is 2.96. The minimum absolute atomic E-state index is 0.542. The molecule has 1 N–H and O–H groups in total. The van der Waals surface area contributed by atoms with Gasteiger partial charge in [0.05, 0.1) is 12.9 Å². The smallest absolute Gasteiger partial charge is 0.123 e. The predicted octanol–water partition coefficient (Wildman–Crippen LogP) is 1.29. The first-order chi connectivity index (χ1) is 7.17. The van der Waals surface area contributed by atoms with Crippen LogP contribution in [0.5, 0.6) is 5.75 Å². The van der Waals surface area contributed by atoms with Crippen molar-refractivity contribution in [1.82, 2.24) is 5.32 Å². The zero-order chi connectivity index (χ0) is 11.3. The molecule has 0 aromatic heterocycles. The van der Waals surface area contributed by atoms with E-state index in [9.17, 15) is 4.21 Å². The Bertz CT molecular complexity index is 352. The lowest BCUT2D eigenvalue weighted by Crippen LogP contribution is -2.06. The zero-order valence-corrected chi connectivity index (χ0v) is 10.2. The van der Waals surface area contributed by atoms with E-state index in [1.807, 2.05) is 25.2 Å². The summed E-state index contributed by atoms with van der Waals surface area (Å²) in [6.07, 6.45) is 1.70. The molecule has 0 fully saturated rings. The van der Waals surface area contributed by atoms with E-state index < -0.39 is 10.8 Å². The second kappa shape index (κ2) is 5.88. The topological polar surface area (TPSA) is 38.3 Å². The highest BCUT2D eigenvalue weighted by molar-refractivity contribution is 7.83. The van der Waals surface area contributed by atoms with Gasteiger partial charge in [-0.2, -0.15) is 0 Å². The lowest BCUT2D eigenvalue weighted by molar-refractivity contribution is 0.411. The number of hydrogen-bond acceptors (Lipinski definition) is 3. The van der Waals surface area contributed by atoms with Crippen LogP contribution in [-0.4, -0.2) is 24.6 Å². The average Bonchev–Trinajstić information content (AvgIpc) is 2.18. The van der Waals surface area contributed by atoms with E-state index in [-0.39, 0.29) is 0 Å². The third kappa shape index (κ3) is 3.64. The molecule has 0 bridgehead atoms. The quantitative estimate of drug-likeness (QED) is 0.824. The molecule has 0 spiro atoms. The highest BCUT2D eigenvalue weighted by Gasteiger charge is 2.05. The van der Waals surface area contributed by atoms with Crippen LogP contribution in [0.25, 0.3) is 0 Å². The monoisotopic (exact) mass is 227 g/mol. The first-order valence-corrected chi connectivity index (χ1v) is 6.50. The summed E-state index contributed by atoms with van der Waals surface area (Å²) < 4.78 is 16.4. The molecule has 0 heterocycles. The van der Waals surface area contributed by atoms with E-state index in [1.165, 1.54) is 5.56 Å². The van der Waals surface area contributed by atoms with Gasteiger partial charge in [-0.1, -0.05) is 6.07 Å². The van der Waals surface area contributed by atoms with Gasteiger partial charge in [-0.15, -0.1) is 0 Å². The molecule has 15 heavy (non-hydrogen) atoms. The van der Waals surface area contributed by atoms with Crippen LogP contribution in [0.2, 0.25) is 0 Å². The molecule has 1 rings (SSSR count). The van der Waals surface area contributed by atoms with E-state index in [0.717, 1.165) is 17.9 Å². The first kappa shape index (κ1) is 12.2. The fourth-order valence-corrected chi connectivity index (χ4v) is 2.14. The van der Waals surface area contributed by atoms with Crippen LogP contribution >= 0.6 is 0 Å². The maximum atomic E-state index is 11.2. The van der Waals surface area contributed by atoms with E-state index in [0.29, 0.717) is 5.75 Å². The van der Waals surface area contributed by atoms with Crippen LogP contribution in [0.3, 0.4) is 0 Å². The standard InChI is InChI=1S/C11H17NO2S/c1-12-7-9-4-5-11(14-2)10(6-9)8-15(3)13/h4-6,12H,7-8H2,1-3H3. The van der Waals surface area contributed by atoms with Gasteiger partial charge in [0.15, 0.2) is 0 Å². The maximum Gasteiger partial charge on any atom is 0.123 e. The van der Waals surface area contributed by atoms with Crippen molar-refractivity contribution in [3.05, 3.63) is 29.3 Å². The van der Waals surface area contributed by atoms with E-state index in [1.54, 1.807) is 13.4 Å². The molecule has 84 valence electrons. The lowest BCUT2D eigenvalue weighted by atomic mass is 10.1. The summed E-state index contributed by atoms with van der Waals surface area (Å²) in [5.41, 5.74) is 2.19. The summed E-state index contributed by atoms with van der Waals surface area (Å²) in [5, 5.41) is 3.09. The minimum Gasteiger partial charge on any atom is -0.496 e. The van der Waals surface area contributed by atoms with Crippen molar-refractivity contribution >= 4 is 10.8 Å². The fourth-order valence-electron chi connectivity index (χ4n) is 1.48. The van der Waals surface area contributed by atoms with Crippen molar-refractivity contribution in [2.24, 2.45) is 0 Å². The van der Waals surface area contributed by atoms with Gasteiger partial charge in [-0.05, 0) is 24.7 Å². The Kier molecular flexibility index (Phi) is 4.78. The van der Waals surface area contributed by atoms with E-state index in [2.05, 4.69) is 5.32 Å². The Morgan fingerprint density at radius 3 is 2.73 bits per heavy atom. The summed E-state index contributed by atoms with van der Waals surface area (Å²) in [4.78, 5) is 0. The Hall–Kier alpha value is -0.870. The van der Waals surface area contributed by atoms with Crippen molar-refractivity contribution in [2.45, 2.75) is 12.3 Å². The molecular weight excluding hydrogens is 210 g/mol. The zero-order valence-electron chi connectivity index (χ0n) is 9.37. The first-order valence-electron chi connectivity index (χ1n) is 4.77. The van der Waals surface area contributed by atoms with Gasteiger partial charge in [0.1, 0.15) is 5.75 Å². The highest BCUT2D eigenvalue weighted by Crippen LogP contribution is 2.21. The number of benzene rings is 1. The molecule has 0 aliphatic carbocycles. The summed E-state index contributed by atoms with van der Waals surface area (Å²) >= 11 is 0. The molecule has 0 saturated heterocycles. The fraction of sp³-hybridized carbons (Fsp3) is 0.455. The van der Waals surface area contributed by atoms with Crippen LogP contribution in [0.15, 0.2) is 18.2 Å². The molecule has 1 unspecified atom stereocenters. The van der Waals surface area contributed by atoms with Gasteiger partial charge in [0.2, 0.25) is 0 Å². The molecule has 0 saturated carbocycles. The van der Waals surface area contributed by atoms with Gasteiger partial charge >= 0.3 is 0 Å². The van der Waals surface area contributed by atoms with E-state index in [4.69, 9.17) is 4.74 Å². The molecule has 3 nitrogen and oxygen atoms in total. The number of methoxy groups -OCH3 is 1. The Labute approximate surface area is 93.3 Å². The lowest BCUT2D eigenvalue weighted by Gasteiger charge is -2.09. The minimum atomic E-state index is -0.841. The average molecular weight is 227 g/mol. The number of hydrogen-bond donors (Lipinski definition) is 1. The largest absolute Gasteiger partial charge is 0.496 e. The summed E-state index contributed by atoms with van der Waals surface area (Å²) in [6, 6.07) is 5.98. The number of ether oxygens (including phenoxy) is 1. The van der Waals surface area contributed by atoms with Crippen molar-refractivity contribution in [1.29, 1.82) is 0 Å². The normalized spacial score (nSPS) is 12.5. The molecule has 0 aliphatic heterocycles. The van der Waals surface area contributed by atoms with Crippen molar-refractivity contribution < 1.29 is 8.95 Å². The molecule has 1 atom stereocenters. The summed E-state index contributed by atoms with van der Waals surface area (Å²) in [5.74, 6) is 1.35. The third-order valence-electron chi connectivity index (χ3n) is 2.08. The molecule has 4 heteroatoms. The Morgan fingerprint density at radius 1 is 1.47 bits per heavy atom. The molecular formula is C11H17NO2S. The van der Waals surface area contributed by atoms with Gasteiger partial charge in [-0.3, -0.25) is 4.21 Å².